The highest BCUT2D eigenvalue weighted by molar-refractivity contribution is 6.17. The molecular formula is C47H30N4O2. The minimum absolute atomic E-state index is 0.397. The maximum atomic E-state index is 6.69. The van der Waals surface area contributed by atoms with Crippen molar-refractivity contribution in [3.05, 3.63) is 187 Å². The summed E-state index contributed by atoms with van der Waals surface area (Å²) in [6, 6.07) is 58.6. The number of fused-ring (bicyclic) bond motifs is 8. The van der Waals surface area contributed by atoms with Gasteiger partial charge in [-0.2, -0.15) is 0 Å². The van der Waals surface area contributed by atoms with Crippen molar-refractivity contribution in [2.75, 3.05) is 0 Å². The molecule has 0 fully saturated rings. The molecule has 1 unspecified atom stereocenters. The predicted molar refractivity (Wildman–Crippen MR) is 214 cm³/mol. The minimum atomic E-state index is -0.397. The van der Waals surface area contributed by atoms with Crippen molar-refractivity contribution in [2.24, 2.45) is 9.98 Å². The molecular weight excluding hydrogens is 653 g/mol. The monoisotopic (exact) mass is 682 g/mol. The number of hydrogen-bond acceptors (Lipinski definition) is 5. The number of ether oxygens (including phenoxy) is 2. The number of para-hydroxylation sites is 4. The molecule has 6 nitrogen and oxygen atoms in total. The van der Waals surface area contributed by atoms with Crippen LogP contribution in [0.1, 0.15) is 22.9 Å². The number of hydrogen-bond donors (Lipinski definition) is 1. The number of aromatic nitrogens is 1. The van der Waals surface area contributed by atoms with Gasteiger partial charge < -0.3 is 19.4 Å². The quantitative estimate of drug-likeness (QED) is 0.188. The van der Waals surface area contributed by atoms with Gasteiger partial charge in [-0.15, -0.1) is 0 Å². The highest BCUT2D eigenvalue weighted by atomic mass is 16.6. The largest absolute Gasteiger partial charge is 0.449 e. The van der Waals surface area contributed by atoms with E-state index in [-0.39, 0.29) is 0 Å². The van der Waals surface area contributed by atoms with Gasteiger partial charge in [-0.25, -0.2) is 9.98 Å². The normalized spacial score (nSPS) is 14.9. The van der Waals surface area contributed by atoms with Crippen molar-refractivity contribution >= 4 is 55.0 Å². The molecule has 3 heterocycles. The smallest absolute Gasteiger partial charge is 0.181 e. The van der Waals surface area contributed by atoms with Crippen molar-refractivity contribution in [3.63, 3.8) is 0 Å². The van der Waals surface area contributed by atoms with Gasteiger partial charge in [0.15, 0.2) is 28.8 Å². The lowest BCUT2D eigenvalue weighted by Crippen LogP contribution is -2.33. The van der Waals surface area contributed by atoms with Crippen molar-refractivity contribution in [1.29, 1.82) is 0 Å². The Bertz CT molecular complexity index is 2940. The Hall–Kier alpha value is -7.18. The minimum Gasteiger partial charge on any atom is -0.449 e. The van der Waals surface area contributed by atoms with Crippen LogP contribution in [0, 0.1) is 0 Å². The van der Waals surface area contributed by atoms with Crippen LogP contribution in [0.15, 0.2) is 180 Å². The van der Waals surface area contributed by atoms with Gasteiger partial charge in [0.2, 0.25) is 0 Å². The van der Waals surface area contributed by atoms with Crippen molar-refractivity contribution in [3.8, 4) is 28.7 Å². The third kappa shape index (κ3) is 4.80. The van der Waals surface area contributed by atoms with E-state index >= 15 is 0 Å². The Morgan fingerprint density at radius 1 is 0.509 bits per heavy atom. The molecule has 0 radical (unpaired) electrons. The van der Waals surface area contributed by atoms with E-state index in [2.05, 4.69) is 137 Å². The number of amidine groups is 2. The number of nitrogens with zero attached hydrogens (tertiary/aromatic N) is 3. The molecule has 1 atom stereocenters. The predicted octanol–water partition coefficient (Wildman–Crippen LogP) is 11.5. The first kappa shape index (κ1) is 29.5. The van der Waals surface area contributed by atoms with E-state index in [1.54, 1.807) is 0 Å². The Kier molecular flexibility index (Phi) is 6.51. The molecule has 2 aliphatic heterocycles. The van der Waals surface area contributed by atoms with Crippen LogP contribution in [-0.2, 0) is 0 Å². The lowest BCUT2D eigenvalue weighted by atomic mass is 9.99. The van der Waals surface area contributed by atoms with Gasteiger partial charge in [-0.05, 0) is 63.5 Å². The summed E-state index contributed by atoms with van der Waals surface area (Å²) in [7, 11) is 0. The highest BCUT2D eigenvalue weighted by Crippen LogP contribution is 2.49. The molecule has 11 rings (SSSR count). The summed E-state index contributed by atoms with van der Waals surface area (Å²) in [6.07, 6.45) is -0.397. The average molecular weight is 683 g/mol. The molecule has 9 aromatic rings. The number of benzene rings is 8. The van der Waals surface area contributed by atoms with Crippen LogP contribution in [0.25, 0.3) is 49.0 Å². The van der Waals surface area contributed by atoms with Gasteiger partial charge in [0.25, 0.3) is 0 Å². The molecule has 250 valence electrons. The van der Waals surface area contributed by atoms with E-state index in [1.807, 2.05) is 42.5 Å². The fourth-order valence-corrected chi connectivity index (χ4v) is 7.78. The first-order valence-electron chi connectivity index (χ1n) is 17.8. The van der Waals surface area contributed by atoms with Gasteiger partial charge in [0.05, 0.1) is 22.3 Å². The molecule has 1 N–H and O–H groups in total. The van der Waals surface area contributed by atoms with Gasteiger partial charge in [0, 0.05) is 22.4 Å². The second kappa shape index (κ2) is 11.7. The lowest BCUT2D eigenvalue weighted by Gasteiger charge is -2.27. The van der Waals surface area contributed by atoms with Crippen LogP contribution in [-0.4, -0.2) is 16.2 Å². The van der Waals surface area contributed by atoms with E-state index in [1.165, 1.54) is 32.3 Å². The van der Waals surface area contributed by atoms with Crippen LogP contribution < -0.4 is 14.8 Å². The van der Waals surface area contributed by atoms with Crippen LogP contribution in [0.2, 0.25) is 0 Å². The van der Waals surface area contributed by atoms with E-state index < -0.39 is 6.17 Å². The van der Waals surface area contributed by atoms with Crippen LogP contribution in [0.5, 0.6) is 23.0 Å². The van der Waals surface area contributed by atoms with Crippen molar-refractivity contribution in [1.82, 2.24) is 9.88 Å². The summed E-state index contributed by atoms with van der Waals surface area (Å²) < 4.78 is 15.6. The molecule has 2 aliphatic rings. The third-order valence-electron chi connectivity index (χ3n) is 10.3. The van der Waals surface area contributed by atoms with Gasteiger partial charge in [0.1, 0.15) is 12.0 Å². The molecule has 0 saturated carbocycles. The fraction of sp³-hybridized carbons (Fsp3) is 0.0213. The van der Waals surface area contributed by atoms with Crippen molar-refractivity contribution in [2.45, 2.75) is 6.17 Å². The summed E-state index contributed by atoms with van der Waals surface area (Å²) in [5.74, 6) is 3.76. The SMILES string of the molecule is c1ccc(C2N=C(c3cc(-n4c5ccccc5c5ccccc54)cc4c3Oc3ccccc3O4)N=C(c3ccc4ccc5ccccc5c4c3)N2)cc1. The Morgan fingerprint density at radius 3 is 1.91 bits per heavy atom. The summed E-state index contributed by atoms with van der Waals surface area (Å²) >= 11 is 0. The fourth-order valence-electron chi connectivity index (χ4n) is 7.78. The third-order valence-corrected chi connectivity index (χ3v) is 10.3. The molecule has 53 heavy (non-hydrogen) atoms. The molecule has 0 spiro atoms. The molecule has 6 heteroatoms. The van der Waals surface area contributed by atoms with Gasteiger partial charge >= 0.3 is 0 Å². The second-order valence-corrected chi connectivity index (χ2v) is 13.4. The zero-order valence-corrected chi connectivity index (χ0v) is 28.4. The number of nitrogens with one attached hydrogen (secondary N) is 1. The Balaban J connectivity index is 1.16. The van der Waals surface area contributed by atoms with Crippen LogP contribution in [0.3, 0.4) is 0 Å². The number of rotatable bonds is 4. The topological polar surface area (TPSA) is 60.1 Å². The summed E-state index contributed by atoms with van der Waals surface area (Å²) in [6.45, 7) is 0. The van der Waals surface area contributed by atoms with E-state index in [0.717, 1.165) is 39.2 Å². The lowest BCUT2D eigenvalue weighted by molar-refractivity contribution is 0.359. The first-order chi connectivity index (χ1) is 26.2. The van der Waals surface area contributed by atoms with E-state index in [9.17, 15) is 0 Å². The van der Waals surface area contributed by atoms with Crippen LogP contribution >= 0.6 is 0 Å². The maximum Gasteiger partial charge on any atom is 0.181 e. The Morgan fingerprint density at radius 2 is 1.13 bits per heavy atom. The average Bonchev–Trinajstić information content (AvgIpc) is 3.57. The van der Waals surface area contributed by atoms with Crippen molar-refractivity contribution < 1.29 is 9.47 Å². The second-order valence-electron chi connectivity index (χ2n) is 13.4. The van der Waals surface area contributed by atoms with Gasteiger partial charge in [-0.3, -0.25) is 0 Å². The highest BCUT2D eigenvalue weighted by Gasteiger charge is 2.29. The van der Waals surface area contributed by atoms with Crippen LogP contribution in [0.4, 0.5) is 0 Å². The molecule has 8 aromatic carbocycles. The zero-order chi connectivity index (χ0) is 34.9. The molecule has 0 saturated heterocycles. The number of aliphatic imine (C=N–C) groups is 2. The summed E-state index contributed by atoms with van der Waals surface area (Å²) in [4.78, 5) is 10.6. The molecule has 0 aliphatic carbocycles. The maximum absolute atomic E-state index is 6.69. The summed E-state index contributed by atoms with van der Waals surface area (Å²) in [5, 5.41) is 10.8. The molecule has 1 aromatic heterocycles. The van der Waals surface area contributed by atoms with E-state index in [0.29, 0.717) is 28.8 Å². The van der Waals surface area contributed by atoms with E-state index in [4.69, 9.17) is 19.5 Å². The standard InChI is InChI=1S/C47H30N4O2/c1-2-13-31(14-3-1)45-48-46(32-25-24-30-23-22-29-12-4-5-15-34(29)37(30)26-32)50-47(49-45)38-27-33(28-43-44(38)53-42-21-11-10-20-41(42)52-43)51-39-18-8-6-16-35(39)36-17-7-9-19-40(36)51/h1-28,45H,(H,48,49,50). The van der Waals surface area contributed by atoms with Gasteiger partial charge in [-0.1, -0.05) is 127 Å². The zero-order valence-electron chi connectivity index (χ0n) is 28.4. The first-order valence-corrected chi connectivity index (χ1v) is 17.8. The molecule has 0 bridgehead atoms. The Labute approximate surface area is 304 Å². The summed E-state index contributed by atoms with van der Waals surface area (Å²) in [5.41, 5.74) is 5.85. The molecule has 0 amide bonds.